The summed E-state index contributed by atoms with van der Waals surface area (Å²) in [6.07, 6.45) is 0. The van der Waals surface area contributed by atoms with Crippen LogP contribution in [-0.2, 0) is 0 Å². The number of rotatable bonds is 0. The molecule has 0 saturated heterocycles. The Morgan fingerprint density at radius 3 is 1.25 bits per heavy atom. The molecular formula is C2H2Cl5N. The van der Waals surface area contributed by atoms with E-state index in [9.17, 15) is 0 Å². The van der Waals surface area contributed by atoms with Crippen LogP contribution in [-0.4, -0.2) is 3.92 Å². The molecule has 0 aliphatic carbocycles. The van der Waals surface area contributed by atoms with Crippen LogP contribution in [0.15, 0.2) is 0 Å². The van der Waals surface area contributed by atoms with E-state index in [0.717, 1.165) is 0 Å². The molecule has 0 rings (SSSR count). The molecule has 0 bridgehead atoms. The van der Waals surface area contributed by atoms with Crippen molar-refractivity contribution in [2.75, 3.05) is 0 Å². The first-order valence-electron chi connectivity index (χ1n) is 1.01. The average Bonchev–Trinajstić information content (AvgIpc) is 1.35. The molecule has 0 saturated carbocycles. The van der Waals surface area contributed by atoms with E-state index >= 15 is 0 Å². The van der Waals surface area contributed by atoms with Crippen molar-refractivity contribution < 1.29 is 0 Å². The Kier molecular flexibility index (Phi) is 12.1. The number of nitrogens with zero attached hydrogens (tertiary/aromatic N) is 1. The summed E-state index contributed by atoms with van der Waals surface area (Å²) in [4.78, 5) is 2.57. The zero-order valence-electron chi connectivity index (χ0n) is 3.40. The molecule has 0 amide bonds. The molecule has 0 aromatic carbocycles. The summed E-state index contributed by atoms with van der Waals surface area (Å²) in [6.45, 7) is 6.08. The first-order valence-corrected chi connectivity index (χ1v) is 2.15. The molecule has 0 N–H and O–H groups in total. The second-order valence-electron chi connectivity index (χ2n) is 0.580. The molecule has 0 heterocycles. The van der Waals surface area contributed by atoms with Gasteiger partial charge < -0.3 is 0 Å². The SMILES string of the molecule is Cl.Cl.[C-]#[N+]C(Cl)(Cl)Cl. The third kappa shape index (κ3) is 15.8. The van der Waals surface area contributed by atoms with Crippen molar-refractivity contribution in [2.45, 2.75) is 3.92 Å². The molecule has 0 atom stereocenters. The van der Waals surface area contributed by atoms with Crippen LogP contribution in [0.1, 0.15) is 0 Å². The third-order valence-electron chi connectivity index (χ3n) is 0.127. The second-order valence-corrected chi connectivity index (χ2v) is 2.80. The van der Waals surface area contributed by atoms with Crippen LogP contribution in [0.5, 0.6) is 0 Å². The molecule has 0 radical (unpaired) electrons. The largest absolute Gasteiger partial charge is 0.461 e. The monoisotopic (exact) mass is 215 g/mol. The highest BCUT2D eigenvalue weighted by Crippen LogP contribution is 2.26. The third-order valence-corrected chi connectivity index (χ3v) is 0.380. The van der Waals surface area contributed by atoms with Gasteiger partial charge in [0.15, 0.2) is 0 Å². The van der Waals surface area contributed by atoms with Crippen LogP contribution in [0.4, 0.5) is 0 Å². The van der Waals surface area contributed by atoms with E-state index in [-0.39, 0.29) is 24.8 Å². The van der Waals surface area contributed by atoms with Gasteiger partial charge in [0, 0.05) is 34.8 Å². The highest BCUT2D eigenvalue weighted by Gasteiger charge is 2.24. The molecular weight excluding hydrogens is 215 g/mol. The van der Waals surface area contributed by atoms with E-state index in [4.69, 9.17) is 41.4 Å². The summed E-state index contributed by atoms with van der Waals surface area (Å²) in [5, 5.41) is 0. The Morgan fingerprint density at radius 2 is 1.25 bits per heavy atom. The Hall–Kier alpha value is 0.940. The van der Waals surface area contributed by atoms with Gasteiger partial charge in [-0.1, -0.05) is 0 Å². The Morgan fingerprint density at radius 1 is 1.12 bits per heavy atom. The summed E-state index contributed by atoms with van der Waals surface area (Å²) >= 11 is 14.7. The van der Waals surface area contributed by atoms with Gasteiger partial charge in [-0.05, 0) is 0 Å². The molecule has 0 aromatic heterocycles. The van der Waals surface area contributed by atoms with Gasteiger partial charge >= 0.3 is 3.92 Å². The van der Waals surface area contributed by atoms with E-state index in [2.05, 4.69) is 4.85 Å². The van der Waals surface area contributed by atoms with Gasteiger partial charge in [0.2, 0.25) is 0 Å². The first kappa shape index (κ1) is 16.0. The van der Waals surface area contributed by atoms with Crippen LogP contribution in [0, 0.1) is 6.57 Å². The van der Waals surface area contributed by atoms with Gasteiger partial charge in [-0.15, -0.1) is 24.8 Å². The predicted molar refractivity (Wildman–Crippen MR) is 41.4 cm³/mol. The quantitative estimate of drug-likeness (QED) is 0.334. The van der Waals surface area contributed by atoms with Crippen LogP contribution >= 0.6 is 59.6 Å². The van der Waals surface area contributed by atoms with Crippen LogP contribution < -0.4 is 0 Å². The van der Waals surface area contributed by atoms with Gasteiger partial charge in [0.05, 0.1) is 0 Å². The van der Waals surface area contributed by atoms with Crippen LogP contribution in [0.25, 0.3) is 4.85 Å². The molecule has 1 nitrogen and oxygen atoms in total. The summed E-state index contributed by atoms with van der Waals surface area (Å²) in [5.74, 6) is 0. The number of hydrogen-bond donors (Lipinski definition) is 0. The number of hydrogen-bond acceptors (Lipinski definition) is 0. The van der Waals surface area contributed by atoms with E-state index in [0.29, 0.717) is 0 Å². The Bertz CT molecular complexity index is 77.4. The Balaban J connectivity index is -0.000000125. The fourth-order valence-corrected chi connectivity index (χ4v) is 0. The van der Waals surface area contributed by atoms with E-state index in [1.54, 1.807) is 0 Å². The van der Waals surface area contributed by atoms with Crippen LogP contribution in [0.2, 0.25) is 0 Å². The average molecular weight is 217 g/mol. The molecule has 50 valence electrons. The maximum Gasteiger partial charge on any atom is 0.461 e. The minimum absolute atomic E-state index is 0. The van der Waals surface area contributed by atoms with Crippen molar-refractivity contribution in [3.05, 3.63) is 11.4 Å². The molecule has 0 unspecified atom stereocenters. The fraction of sp³-hybridized carbons (Fsp3) is 0.500. The van der Waals surface area contributed by atoms with Gasteiger partial charge in [0.1, 0.15) is 0 Å². The van der Waals surface area contributed by atoms with E-state index in [1.165, 1.54) is 0 Å². The molecule has 0 aromatic rings. The number of halogens is 5. The van der Waals surface area contributed by atoms with Crippen molar-refractivity contribution in [1.29, 1.82) is 0 Å². The predicted octanol–water partition coefficient (Wildman–Crippen LogP) is 3.08. The van der Waals surface area contributed by atoms with E-state index in [1.807, 2.05) is 0 Å². The molecule has 6 heteroatoms. The highest BCUT2D eigenvalue weighted by molar-refractivity contribution is 6.68. The van der Waals surface area contributed by atoms with Crippen LogP contribution in [0.3, 0.4) is 0 Å². The van der Waals surface area contributed by atoms with Gasteiger partial charge in [0.25, 0.3) is 0 Å². The smallest absolute Gasteiger partial charge is 0.259 e. The van der Waals surface area contributed by atoms with Crippen molar-refractivity contribution in [1.82, 2.24) is 0 Å². The standard InChI is InChI=1S/C2Cl3N.2ClH/c1-6-2(3,4)5;;/h;2*1H. The molecule has 0 spiro atoms. The highest BCUT2D eigenvalue weighted by atomic mass is 35.6. The lowest BCUT2D eigenvalue weighted by Crippen LogP contribution is -1.87. The number of alkyl halides is 3. The zero-order valence-corrected chi connectivity index (χ0v) is 7.30. The fourth-order valence-electron chi connectivity index (χ4n) is 0. The van der Waals surface area contributed by atoms with Crippen molar-refractivity contribution >= 4 is 59.6 Å². The summed E-state index contributed by atoms with van der Waals surface area (Å²) in [6, 6.07) is 0. The van der Waals surface area contributed by atoms with E-state index < -0.39 is 3.92 Å². The lowest BCUT2D eigenvalue weighted by atomic mass is 11.4. The molecule has 0 fully saturated rings. The van der Waals surface area contributed by atoms with Gasteiger partial charge in [-0.3, -0.25) is 4.85 Å². The molecule has 0 aliphatic heterocycles. The maximum absolute atomic E-state index is 6.08. The minimum atomic E-state index is -1.75. The van der Waals surface area contributed by atoms with Crippen molar-refractivity contribution in [2.24, 2.45) is 0 Å². The first-order chi connectivity index (χ1) is 2.56. The second kappa shape index (κ2) is 6.07. The summed E-state index contributed by atoms with van der Waals surface area (Å²) in [7, 11) is 0. The van der Waals surface area contributed by atoms with Crippen molar-refractivity contribution in [3.8, 4) is 0 Å². The summed E-state index contributed by atoms with van der Waals surface area (Å²) < 4.78 is -1.75. The van der Waals surface area contributed by atoms with Crippen molar-refractivity contribution in [3.63, 3.8) is 0 Å². The van der Waals surface area contributed by atoms with Gasteiger partial charge in [-0.2, -0.15) is 0 Å². The maximum atomic E-state index is 6.08. The zero-order chi connectivity index (χ0) is 5.21. The topological polar surface area (TPSA) is 4.36 Å². The minimum Gasteiger partial charge on any atom is -0.259 e. The lowest BCUT2D eigenvalue weighted by Gasteiger charge is -1.86. The lowest BCUT2D eigenvalue weighted by molar-refractivity contribution is 1.46. The van der Waals surface area contributed by atoms with Gasteiger partial charge in [-0.25, -0.2) is 6.57 Å². The molecule has 8 heavy (non-hydrogen) atoms. The normalized spacial score (nSPS) is 7.75. The Labute approximate surface area is 74.9 Å². The molecule has 0 aliphatic rings. The summed E-state index contributed by atoms with van der Waals surface area (Å²) in [5.41, 5.74) is 0.